The van der Waals surface area contributed by atoms with Crippen molar-refractivity contribution in [3.05, 3.63) is 59.2 Å². The summed E-state index contributed by atoms with van der Waals surface area (Å²) in [6, 6.07) is 13.6. The summed E-state index contributed by atoms with van der Waals surface area (Å²) in [6.07, 6.45) is 6.52. The molecular weight excluding hydrogens is 462 g/mol. The fraction of sp³-hybridized carbons (Fsp3) is 0.500. The van der Waals surface area contributed by atoms with E-state index < -0.39 is 5.79 Å². The van der Waals surface area contributed by atoms with Gasteiger partial charge in [0.2, 0.25) is 0 Å². The Balaban J connectivity index is 1.66. The molecule has 0 N–H and O–H groups in total. The average Bonchev–Trinajstić information content (AvgIpc) is 3.11. The number of amides is 1. The largest absolute Gasteiger partial charge is 0.462 e. The summed E-state index contributed by atoms with van der Waals surface area (Å²) >= 11 is 1.72. The number of carbonyl (C=O) groups is 2. The van der Waals surface area contributed by atoms with Gasteiger partial charge in [-0.15, -0.1) is 11.8 Å². The Hall–Kier alpha value is -2.35. The van der Waals surface area contributed by atoms with E-state index in [9.17, 15) is 9.59 Å². The van der Waals surface area contributed by atoms with Crippen LogP contribution < -0.4 is 4.90 Å². The molecule has 0 radical (unpaired) electrons. The first-order valence-electron chi connectivity index (χ1n) is 12.5. The van der Waals surface area contributed by atoms with Gasteiger partial charge in [0.25, 0.3) is 11.7 Å². The van der Waals surface area contributed by atoms with E-state index in [1.54, 1.807) is 30.8 Å². The summed E-state index contributed by atoms with van der Waals surface area (Å²) in [5, 5.41) is 0. The SMILES string of the molecule is CCCCCCCN1C(=O)C(OC)(OC)c2cc(SCCc3ccc(C(=O)OCC)cc3)ccc21. The zero-order chi connectivity index (χ0) is 25.3. The Labute approximate surface area is 213 Å². The van der Waals surface area contributed by atoms with Crippen molar-refractivity contribution < 1.29 is 23.8 Å². The quantitative estimate of drug-likeness (QED) is 0.138. The molecule has 2 aromatic carbocycles. The maximum absolute atomic E-state index is 13.3. The molecular formula is C28H37NO5S. The lowest BCUT2D eigenvalue weighted by atomic mass is 10.1. The third-order valence-electron chi connectivity index (χ3n) is 6.32. The van der Waals surface area contributed by atoms with Crippen molar-refractivity contribution in [3.8, 4) is 0 Å². The molecule has 1 aliphatic heterocycles. The van der Waals surface area contributed by atoms with Crippen LogP contribution in [0.5, 0.6) is 0 Å². The Bertz CT molecular complexity index is 987. The fourth-order valence-electron chi connectivity index (χ4n) is 4.39. The van der Waals surface area contributed by atoms with Crippen LogP contribution in [0.2, 0.25) is 0 Å². The van der Waals surface area contributed by atoms with E-state index >= 15 is 0 Å². The van der Waals surface area contributed by atoms with Crippen molar-refractivity contribution in [2.45, 2.75) is 63.1 Å². The third kappa shape index (κ3) is 6.26. The van der Waals surface area contributed by atoms with E-state index in [4.69, 9.17) is 14.2 Å². The van der Waals surface area contributed by atoms with Gasteiger partial charge in [0.15, 0.2) is 0 Å². The van der Waals surface area contributed by atoms with Crippen LogP contribution in [0.25, 0.3) is 0 Å². The zero-order valence-electron chi connectivity index (χ0n) is 21.3. The van der Waals surface area contributed by atoms with Gasteiger partial charge in [0.1, 0.15) is 0 Å². The Morgan fingerprint density at radius 2 is 1.69 bits per heavy atom. The fourth-order valence-corrected chi connectivity index (χ4v) is 5.33. The van der Waals surface area contributed by atoms with Crippen LogP contribution in [-0.2, 0) is 31.2 Å². The number of anilines is 1. The predicted octanol–water partition coefficient (Wildman–Crippen LogP) is 5.96. The standard InChI is InChI=1S/C28H37NO5S/c1-5-7-8-9-10-18-29-25-16-15-23(20-24(25)28(32-3,33-4)27(29)31)35-19-17-21-11-13-22(14-12-21)26(30)34-6-2/h11-16,20H,5-10,17-19H2,1-4H3. The molecule has 0 saturated carbocycles. The molecule has 190 valence electrons. The highest BCUT2D eigenvalue weighted by atomic mass is 32.2. The van der Waals surface area contributed by atoms with Gasteiger partial charge in [-0.1, -0.05) is 44.7 Å². The van der Waals surface area contributed by atoms with E-state index in [0.29, 0.717) is 18.7 Å². The number of aryl methyl sites for hydroxylation is 1. The molecule has 3 rings (SSSR count). The first-order chi connectivity index (χ1) is 17.0. The lowest BCUT2D eigenvalue weighted by Crippen LogP contribution is -2.43. The van der Waals surface area contributed by atoms with Gasteiger partial charge >= 0.3 is 5.97 Å². The minimum atomic E-state index is -1.39. The molecule has 0 atom stereocenters. The van der Waals surface area contributed by atoms with Crippen LogP contribution in [0.15, 0.2) is 47.4 Å². The number of ether oxygens (including phenoxy) is 3. The topological polar surface area (TPSA) is 65.1 Å². The summed E-state index contributed by atoms with van der Waals surface area (Å²) in [7, 11) is 3.05. The summed E-state index contributed by atoms with van der Waals surface area (Å²) in [5.41, 5.74) is 3.36. The minimum absolute atomic E-state index is 0.156. The molecule has 0 bridgehead atoms. The van der Waals surface area contributed by atoms with Crippen molar-refractivity contribution in [2.24, 2.45) is 0 Å². The van der Waals surface area contributed by atoms with E-state index in [1.165, 1.54) is 33.5 Å². The van der Waals surface area contributed by atoms with Crippen molar-refractivity contribution in [2.75, 3.05) is 38.0 Å². The van der Waals surface area contributed by atoms with Crippen molar-refractivity contribution >= 4 is 29.3 Å². The molecule has 0 aromatic heterocycles. The van der Waals surface area contributed by atoms with Crippen LogP contribution in [-0.4, -0.2) is 45.0 Å². The van der Waals surface area contributed by atoms with E-state index in [0.717, 1.165) is 46.7 Å². The number of thioether (sulfide) groups is 1. The highest BCUT2D eigenvalue weighted by molar-refractivity contribution is 7.99. The zero-order valence-corrected chi connectivity index (χ0v) is 22.1. The molecule has 0 fully saturated rings. The van der Waals surface area contributed by atoms with E-state index in [-0.39, 0.29) is 11.9 Å². The molecule has 2 aromatic rings. The predicted molar refractivity (Wildman–Crippen MR) is 140 cm³/mol. The number of unbranched alkanes of at least 4 members (excludes halogenated alkanes) is 4. The molecule has 0 spiro atoms. The minimum Gasteiger partial charge on any atom is -0.462 e. The number of esters is 1. The number of carbonyl (C=O) groups excluding carboxylic acids is 2. The second kappa shape index (κ2) is 13.1. The van der Waals surface area contributed by atoms with Gasteiger partial charge in [-0.25, -0.2) is 4.79 Å². The van der Waals surface area contributed by atoms with Gasteiger partial charge in [-0.2, -0.15) is 0 Å². The molecule has 0 aliphatic carbocycles. The maximum Gasteiger partial charge on any atom is 0.338 e. The number of hydrogen-bond acceptors (Lipinski definition) is 6. The lowest BCUT2D eigenvalue weighted by Gasteiger charge is -2.25. The first kappa shape index (κ1) is 27.2. The number of rotatable bonds is 14. The maximum atomic E-state index is 13.3. The van der Waals surface area contributed by atoms with Crippen LogP contribution in [0.1, 0.15) is 67.4 Å². The first-order valence-corrected chi connectivity index (χ1v) is 13.4. The van der Waals surface area contributed by atoms with Gasteiger partial charge in [-0.3, -0.25) is 4.79 Å². The highest BCUT2D eigenvalue weighted by Crippen LogP contribution is 2.44. The number of hydrogen-bond donors (Lipinski definition) is 0. The lowest BCUT2D eigenvalue weighted by molar-refractivity contribution is -0.209. The van der Waals surface area contributed by atoms with Gasteiger partial charge < -0.3 is 19.1 Å². The summed E-state index contributed by atoms with van der Waals surface area (Å²) in [4.78, 5) is 28.0. The third-order valence-corrected chi connectivity index (χ3v) is 7.32. The van der Waals surface area contributed by atoms with Gasteiger partial charge in [0.05, 0.1) is 17.9 Å². The van der Waals surface area contributed by atoms with Crippen LogP contribution in [0.4, 0.5) is 5.69 Å². The summed E-state index contributed by atoms with van der Waals surface area (Å²) in [5.74, 6) is -0.981. The molecule has 1 amide bonds. The second-order valence-electron chi connectivity index (χ2n) is 8.59. The smallest absolute Gasteiger partial charge is 0.338 e. The number of nitrogens with zero attached hydrogens (tertiary/aromatic N) is 1. The number of methoxy groups -OCH3 is 2. The second-order valence-corrected chi connectivity index (χ2v) is 9.76. The summed E-state index contributed by atoms with van der Waals surface area (Å²) in [6.45, 7) is 5.03. The monoisotopic (exact) mass is 499 g/mol. The van der Waals surface area contributed by atoms with E-state index in [2.05, 4.69) is 13.0 Å². The van der Waals surface area contributed by atoms with Crippen molar-refractivity contribution in [1.82, 2.24) is 0 Å². The molecule has 0 saturated heterocycles. The molecule has 35 heavy (non-hydrogen) atoms. The number of fused-ring (bicyclic) bond motifs is 1. The Morgan fingerprint density at radius 3 is 2.34 bits per heavy atom. The molecule has 6 nitrogen and oxygen atoms in total. The van der Waals surface area contributed by atoms with Crippen LogP contribution in [0, 0.1) is 0 Å². The normalized spacial score (nSPS) is 14.3. The molecule has 7 heteroatoms. The molecule has 1 heterocycles. The summed E-state index contributed by atoms with van der Waals surface area (Å²) < 4.78 is 16.4. The van der Waals surface area contributed by atoms with Gasteiger partial charge in [-0.05, 0) is 55.7 Å². The van der Waals surface area contributed by atoms with Gasteiger partial charge in [0, 0.05) is 37.0 Å². The Kier molecular flexibility index (Phi) is 10.2. The van der Waals surface area contributed by atoms with E-state index in [1.807, 2.05) is 29.2 Å². The molecule has 1 aliphatic rings. The van der Waals surface area contributed by atoms with Crippen LogP contribution in [0.3, 0.4) is 0 Å². The Morgan fingerprint density at radius 1 is 0.971 bits per heavy atom. The van der Waals surface area contributed by atoms with Crippen LogP contribution >= 0.6 is 11.8 Å². The molecule has 0 unspecified atom stereocenters. The average molecular weight is 500 g/mol. The highest BCUT2D eigenvalue weighted by Gasteiger charge is 2.52. The number of benzene rings is 2. The van der Waals surface area contributed by atoms with Crippen molar-refractivity contribution in [1.29, 1.82) is 0 Å². The van der Waals surface area contributed by atoms with Crippen molar-refractivity contribution in [3.63, 3.8) is 0 Å².